The second-order valence-electron chi connectivity index (χ2n) is 6.64. The Morgan fingerprint density at radius 1 is 1.15 bits per heavy atom. The Labute approximate surface area is 161 Å². The van der Waals surface area contributed by atoms with Crippen LogP contribution in [0.1, 0.15) is 0 Å². The lowest BCUT2D eigenvalue weighted by Gasteiger charge is -2.40. The lowest BCUT2D eigenvalue weighted by atomic mass is 10.2. The van der Waals surface area contributed by atoms with Crippen molar-refractivity contribution in [3.8, 4) is 11.5 Å². The highest BCUT2D eigenvalue weighted by molar-refractivity contribution is 7.22. The molecule has 0 saturated carbocycles. The lowest BCUT2D eigenvalue weighted by Crippen LogP contribution is -2.52. The summed E-state index contributed by atoms with van der Waals surface area (Å²) in [6.45, 7) is 0.912. The maximum atomic E-state index is 13.9. The second kappa shape index (κ2) is 6.97. The quantitative estimate of drug-likeness (QED) is 0.535. The number of rotatable bonds is 5. The zero-order chi connectivity index (χ0) is 19.0. The molecule has 2 aromatic carbocycles. The summed E-state index contributed by atoms with van der Waals surface area (Å²) in [6, 6.07) is 13.4. The minimum Gasteiger partial charge on any atom is -0.623 e. The number of benzene rings is 2. The number of anilines is 1. The monoisotopic (exact) mass is 386 g/mol. The Hall–Kier alpha value is -2.39. The molecule has 0 aliphatic carbocycles. The third-order valence-electron chi connectivity index (χ3n) is 4.78. The highest BCUT2D eigenvalue weighted by Crippen LogP contribution is 2.40. The van der Waals surface area contributed by atoms with E-state index in [2.05, 4.69) is 10.3 Å². The van der Waals surface area contributed by atoms with Gasteiger partial charge in [0.25, 0.3) is 5.13 Å². The number of methoxy groups -OCH3 is 2. The molecular formula is C19H22N4O3S. The smallest absolute Gasteiger partial charge is 0.290 e. The molecule has 1 aromatic heterocycles. The molecular weight excluding hydrogens is 364 g/mol. The standard InChI is InChI=1S/C19H22N4O3S/c1-22-11-17(21-18-14(25-2)8-6-9-15(18)26-3)23(24,12-22)19-20-13-7-4-5-10-16(13)27-19/h4-10,17,21H,11-12H2,1-3H3. The first-order valence-corrected chi connectivity index (χ1v) is 9.48. The van der Waals surface area contributed by atoms with Gasteiger partial charge in [-0.25, -0.2) is 0 Å². The Morgan fingerprint density at radius 2 is 1.85 bits per heavy atom. The number of hydrogen-bond donors (Lipinski definition) is 1. The zero-order valence-corrected chi connectivity index (χ0v) is 16.3. The van der Waals surface area contributed by atoms with Crippen molar-refractivity contribution < 1.29 is 9.47 Å². The van der Waals surface area contributed by atoms with Gasteiger partial charge in [0.1, 0.15) is 23.9 Å². The molecule has 0 radical (unpaired) electrons. The fraction of sp³-hybridized carbons (Fsp3) is 0.316. The van der Waals surface area contributed by atoms with Gasteiger partial charge < -0.3 is 20.0 Å². The average Bonchev–Trinajstić information content (AvgIpc) is 3.23. The van der Waals surface area contributed by atoms with Gasteiger partial charge in [-0.3, -0.25) is 9.55 Å². The van der Waals surface area contributed by atoms with Gasteiger partial charge in [-0.2, -0.15) is 4.98 Å². The van der Waals surface area contributed by atoms with Crippen LogP contribution in [0.25, 0.3) is 10.2 Å². The number of para-hydroxylation sites is 2. The van der Waals surface area contributed by atoms with E-state index in [1.807, 2.05) is 54.4 Å². The van der Waals surface area contributed by atoms with Crippen LogP contribution in [0.4, 0.5) is 10.8 Å². The van der Waals surface area contributed by atoms with E-state index in [1.54, 1.807) is 14.2 Å². The summed E-state index contributed by atoms with van der Waals surface area (Å²) in [7, 11) is 5.15. The van der Waals surface area contributed by atoms with E-state index in [4.69, 9.17) is 9.47 Å². The predicted molar refractivity (Wildman–Crippen MR) is 109 cm³/mol. The number of likely N-dealkylation sites (N-methyl/N-ethyl adjacent to an activating group) is 1. The van der Waals surface area contributed by atoms with Gasteiger partial charge >= 0.3 is 0 Å². The molecule has 4 rings (SSSR count). The molecule has 2 unspecified atom stereocenters. The number of nitrogens with zero attached hydrogens (tertiary/aromatic N) is 3. The van der Waals surface area contributed by atoms with E-state index >= 15 is 0 Å². The SMILES string of the molecule is COc1cccc(OC)c1NC1CN(C)C[N+]1([O-])c1nc2ccccc2s1. The number of thiazole rings is 1. The normalized spacial score (nSPS) is 22.9. The largest absolute Gasteiger partial charge is 0.623 e. The lowest BCUT2D eigenvalue weighted by molar-refractivity contribution is 0.322. The number of aromatic nitrogens is 1. The number of hydroxylamine groups is 2. The van der Waals surface area contributed by atoms with Crippen LogP contribution in [0.15, 0.2) is 42.5 Å². The average molecular weight is 386 g/mol. The number of nitrogens with one attached hydrogen (secondary N) is 1. The van der Waals surface area contributed by atoms with Crippen LogP contribution in [0, 0.1) is 5.21 Å². The second-order valence-corrected chi connectivity index (χ2v) is 7.65. The maximum Gasteiger partial charge on any atom is 0.290 e. The van der Waals surface area contributed by atoms with Crippen molar-refractivity contribution in [2.75, 3.05) is 39.8 Å². The first kappa shape index (κ1) is 18.0. The van der Waals surface area contributed by atoms with E-state index in [0.717, 1.165) is 10.2 Å². The third kappa shape index (κ3) is 3.10. The minimum atomic E-state index is -0.558. The van der Waals surface area contributed by atoms with E-state index in [0.29, 0.717) is 35.5 Å². The summed E-state index contributed by atoms with van der Waals surface area (Å²) in [4.78, 5) is 6.64. The molecule has 1 fully saturated rings. The molecule has 1 aliphatic rings. The molecule has 2 atom stereocenters. The van der Waals surface area contributed by atoms with Crippen LogP contribution in [0.5, 0.6) is 11.5 Å². The molecule has 3 aromatic rings. The maximum absolute atomic E-state index is 13.9. The van der Waals surface area contributed by atoms with Gasteiger partial charge in [-0.1, -0.05) is 29.5 Å². The molecule has 1 aliphatic heterocycles. The van der Waals surface area contributed by atoms with Crippen LogP contribution in [0.2, 0.25) is 0 Å². The fourth-order valence-corrected chi connectivity index (χ4v) is 4.51. The first-order valence-electron chi connectivity index (χ1n) is 8.66. The van der Waals surface area contributed by atoms with Crippen LogP contribution in [-0.2, 0) is 0 Å². The van der Waals surface area contributed by atoms with Crippen molar-refractivity contribution in [2.24, 2.45) is 0 Å². The van der Waals surface area contributed by atoms with Gasteiger partial charge in [0.05, 0.1) is 31.0 Å². The van der Waals surface area contributed by atoms with Crippen molar-refractivity contribution in [3.63, 3.8) is 0 Å². The molecule has 27 heavy (non-hydrogen) atoms. The van der Waals surface area contributed by atoms with Crippen molar-refractivity contribution in [1.29, 1.82) is 0 Å². The topological polar surface area (TPSA) is 69.7 Å². The van der Waals surface area contributed by atoms with Gasteiger partial charge in [0.15, 0.2) is 6.17 Å². The number of hydrogen-bond acceptors (Lipinski definition) is 7. The molecule has 1 saturated heterocycles. The Kier molecular flexibility index (Phi) is 4.65. The molecule has 142 valence electrons. The van der Waals surface area contributed by atoms with Crippen LogP contribution >= 0.6 is 11.3 Å². The van der Waals surface area contributed by atoms with E-state index in [1.165, 1.54) is 11.3 Å². The van der Waals surface area contributed by atoms with Crippen molar-refractivity contribution in [1.82, 2.24) is 14.5 Å². The highest BCUT2D eigenvalue weighted by atomic mass is 32.1. The van der Waals surface area contributed by atoms with Gasteiger partial charge in [0, 0.05) is 0 Å². The molecule has 7 nitrogen and oxygen atoms in total. The summed E-state index contributed by atoms with van der Waals surface area (Å²) in [5.41, 5.74) is 1.54. The Morgan fingerprint density at radius 3 is 2.52 bits per heavy atom. The van der Waals surface area contributed by atoms with Crippen LogP contribution in [-0.4, -0.2) is 50.5 Å². The summed E-state index contributed by atoms with van der Waals surface area (Å²) < 4.78 is 11.4. The summed E-state index contributed by atoms with van der Waals surface area (Å²) in [6.07, 6.45) is -0.430. The zero-order valence-electron chi connectivity index (χ0n) is 15.5. The molecule has 0 amide bonds. The molecule has 2 heterocycles. The summed E-state index contributed by atoms with van der Waals surface area (Å²) in [5, 5.41) is 17.8. The molecule has 8 heteroatoms. The van der Waals surface area contributed by atoms with E-state index < -0.39 is 10.8 Å². The van der Waals surface area contributed by atoms with Crippen molar-refractivity contribution in [3.05, 3.63) is 47.7 Å². The van der Waals surface area contributed by atoms with Crippen LogP contribution in [0.3, 0.4) is 0 Å². The van der Waals surface area contributed by atoms with E-state index in [9.17, 15) is 5.21 Å². The van der Waals surface area contributed by atoms with Crippen LogP contribution < -0.4 is 19.4 Å². The summed E-state index contributed by atoms with van der Waals surface area (Å²) in [5.74, 6) is 1.28. The number of quaternary nitrogens is 1. The van der Waals surface area contributed by atoms with Crippen molar-refractivity contribution >= 4 is 32.4 Å². The summed E-state index contributed by atoms with van der Waals surface area (Å²) >= 11 is 1.45. The fourth-order valence-electron chi connectivity index (χ4n) is 3.47. The minimum absolute atomic E-state index is 0.328. The molecule has 1 N–H and O–H groups in total. The third-order valence-corrected chi connectivity index (χ3v) is 5.93. The Balaban J connectivity index is 1.73. The predicted octanol–water partition coefficient (Wildman–Crippen LogP) is 3.46. The van der Waals surface area contributed by atoms with Gasteiger partial charge in [-0.15, -0.1) is 0 Å². The highest BCUT2D eigenvalue weighted by Gasteiger charge is 2.43. The molecule has 0 spiro atoms. The molecule has 0 bridgehead atoms. The first-order chi connectivity index (χ1) is 13.0. The van der Waals surface area contributed by atoms with Gasteiger partial charge in [0.2, 0.25) is 0 Å². The Bertz CT molecular complexity index is 908. The number of ether oxygens (including phenoxy) is 2. The van der Waals surface area contributed by atoms with E-state index in [-0.39, 0.29) is 0 Å². The van der Waals surface area contributed by atoms with Gasteiger partial charge in [-0.05, 0) is 31.3 Å². The number of fused-ring (bicyclic) bond motifs is 1. The van der Waals surface area contributed by atoms with Crippen molar-refractivity contribution in [2.45, 2.75) is 6.17 Å².